The van der Waals surface area contributed by atoms with Gasteiger partial charge >= 0.3 is 6.09 Å². The summed E-state index contributed by atoms with van der Waals surface area (Å²) in [6.07, 6.45) is 0.411. The summed E-state index contributed by atoms with van der Waals surface area (Å²) in [5.41, 5.74) is 7.52. The number of aromatic nitrogens is 2. The summed E-state index contributed by atoms with van der Waals surface area (Å²) in [5, 5.41) is 2.71. The van der Waals surface area contributed by atoms with Gasteiger partial charge in [0.1, 0.15) is 11.4 Å². The number of nitrogens with one attached hydrogen (secondary N) is 1. The van der Waals surface area contributed by atoms with E-state index in [0.717, 1.165) is 5.56 Å². The molecule has 0 saturated heterocycles. The molecule has 8 nitrogen and oxygen atoms in total. The van der Waals surface area contributed by atoms with Gasteiger partial charge in [-0.1, -0.05) is 22.0 Å². The average molecular weight is 508 g/mol. The number of fused-ring (bicyclic) bond motifs is 1. The minimum Gasteiger partial charge on any atom is -0.444 e. The number of benzene rings is 1. The normalized spacial score (nSPS) is 16.0. The first-order chi connectivity index (χ1) is 15.0. The Morgan fingerprint density at radius 3 is 2.75 bits per heavy atom. The summed E-state index contributed by atoms with van der Waals surface area (Å²) < 4.78 is 19.5. The second-order valence-corrected chi connectivity index (χ2v) is 9.51. The molecule has 1 aromatic heterocycles. The first kappa shape index (κ1) is 23.9. The number of hydrogen-bond acceptors (Lipinski definition) is 6. The van der Waals surface area contributed by atoms with E-state index in [2.05, 4.69) is 31.2 Å². The molecular weight excluding hydrogens is 481 g/mol. The van der Waals surface area contributed by atoms with E-state index in [9.17, 15) is 14.0 Å². The zero-order valence-corrected chi connectivity index (χ0v) is 20.1. The number of carbonyl (C=O) groups excluding carboxylic acids is 2. The minimum absolute atomic E-state index is 0.112. The number of nitrogens with zero attached hydrogens (tertiary/aromatic N) is 3. The highest BCUT2D eigenvalue weighted by Crippen LogP contribution is 2.37. The fourth-order valence-electron chi connectivity index (χ4n) is 3.72. The van der Waals surface area contributed by atoms with Crippen molar-refractivity contribution in [1.29, 1.82) is 0 Å². The van der Waals surface area contributed by atoms with Crippen LogP contribution in [0.2, 0.25) is 0 Å². The number of halogens is 2. The van der Waals surface area contributed by atoms with Gasteiger partial charge in [-0.05, 0) is 51.8 Å². The van der Waals surface area contributed by atoms with E-state index in [0.29, 0.717) is 47.4 Å². The molecule has 1 aromatic carbocycles. The highest BCUT2D eigenvalue weighted by Gasteiger charge is 2.36. The average Bonchev–Trinajstić information content (AvgIpc) is 2.64. The predicted octanol–water partition coefficient (Wildman–Crippen LogP) is 3.92. The van der Waals surface area contributed by atoms with E-state index in [1.165, 1.54) is 12.1 Å². The van der Waals surface area contributed by atoms with Crippen LogP contribution in [-0.2, 0) is 11.2 Å². The topological polar surface area (TPSA) is 110 Å². The van der Waals surface area contributed by atoms with Gasteiger partial charge in [-0.2, -0.15) is 0 Å². The van der Waals surface area contributed by atoms with Gasteiger partial charge in [0.15, 0.2) is 0 Å². The van der Waals surface area contributed by atoms with Crippen molar-refractivity contribution in [3.63, 3.8) is 0 Å². The molecule has 0 aliphatic carbocycles. The third-order valence-electron chi connectivity index (χ3n) is 4.99. The van der Waals surface area contributed by atoms with E-state index < -0.39 is 11.7 Å². The van der Waals surface area contributed by atoms with E-state index in [1.54, 1.807) is 38.7 Å². The Balaban J connectivity index is 1.83. The molecule has 1 atom stereocenters. The molecule has 0 spiro atoms. The first-order valence-electron chi connectivity index (χ1n) is 10.3. The minimum atomic E-state index is -0.587. The Labute approximate surface area is 194 Å². The lowest BCUT2D eigenvalue weighted by atomic mass is 9.91. The number of nitrogen functional groups attached to an aromatic ring is 1. The van der Waals surface area contributed by atoms with Crippen LogP contribution >= 0.6 is 15.9 Å². The van der Waals surface area contributed by atoms with Crippen molar-refractivity contribution in [1.82, 2.24) is 20.2 Å². The number of ether oxygens (including phenoxy) is 1. The number of aryl methyl sites for hydroxylation is 1. The standard InChI is InChI=1S/C22H27BrFN5O3/c1-12-18-16(28-20(25)27-12)11-17(14-7-6-13(24)10-15(14)23)29(19(18)30)9-5-8-26-21(31)32-22(2,3)4/h6-7,10,17H,5,8-9,11H2,1-4H3,(H,26,31)(H2,25,27,28). The maximum absolute atomic E-state index is 13.7. The summed E-state index contributed by atoms with van der Waals surface area (Å²) in [4.78, 5) is 35.5. The van der Waals surface area contributed by atoms with Gasteiger partial charge in [-0.15, -0.1) is 0 Å². The molecule has 1 aliphatic heterocycles. The number of nitrogens with two attached hydrogens (primary N) is 1. The Kier molecular flexibility index (Phi) is 7.02. The van der Waals surface area contributed by atoms with Gasteiger partial charge in [0.25, 0.3) is 5.91 Å². The molecule has 3 rings (SSSR count). The van der Waals surface area contributed by atoms with Gasteiger partial charge in [0.2, 0.25) is 5.95 Å². The van der Waals surface area contributed by atoms with Gasteiger partial charge in [-0.3, -0.25) is 4.79 Å². The van der Waals surface area contributed by atoms with Crippen molar-refractivity contribution >= 4 is 33.9 Å². The lowest BCUT2D eigenvalue weighted by Gasteiger charge is -2.37. The number of rotatable bonds is 5. The zero-order valence-electron chi connectivity index (χ0n) is 18.5. The molecular formula is C22H27BrFN5O3. The Hall–Kier alpha value is -2.75. The molecule has 0 radical (unpaired) electrons. The summed E-state index contributed by atoms with van der Waals surface area (Å²) in [7, 11) is 0. The van der Waals surface area contributed by atoms with Crippen LogP contribution in [0.4, 0.5) is 15.1 Å². The Morgan fingerprint density at radius 2 is 2.09 bits per heavy atom. The number of hydrogen-bond donors (Lipinski definition) is 2. The molecule has 0 fully saturated rings. The van der Waals surface area contributed by atoms with E-state index in [1.807, 2.05) is 0 Å². The van der Waals surface area contributed by atoms with Gasteiger partial charge in [0, 0.05) is 24.0 Å². The highest BCUT2D eigenvalue weighted by molar-refractivity contribution is 9.10. The quantitative estimate of drug-likeness (QED) is 0.593. The van der Waals surface area contributed by atoms with Crippen molar-refractivity contribution in [3.05, 3.63) is 51.0 Å². The molecule has 2 heterocycles. The summed E-state index contributed by atoms with van der Waals surface area (Å²) in [6.45, 7) is 7.80. The van der Waals surface area contributed by atoms with Crippen molar-refractivity contribution in [2.24, 2.45) is 0 Å². The molecule has 172 valence electrons. The number of carbonyl (C=O) groups is 2. The van der Waals surface area contributed by atoms with Gasteiger partial charge < -0.3 is 20.7 Å². The molecule has 10 heteroatoms. The fourth-order valence-corrected chi connectivity index (χ4v) is 4.34. The molecule has 1 unspecified atom stereocenters. The van der Waals surface area contributed by atoms with Crippen molar-refractivity contribution < 1.29 is 18.7 Å². The molecule has 2 aromatic rings. The van der Waals surface area contributed by atoms with Crippen LogP contribution < -0.4 is 11.1 Å². The summed E-state index contributed by atoms with van der Waals surface area (Å²) in [5.74, 6) is -0.484. The number of amides is 2. The number of alkyl carbamates (subject to hydrolysis) is 1. The maximum atomic E-state index is 13.7. The molecule has 32 heavy (non-hydrogen) atoms. The van der Waals surface area contributed by atoms with Crippen LogP contribution in [0.25, 0.3) is 0 Å². The monoisotopic (exact) mass is 507 g/mol. The van der Waals surface area contributed by atoms with Gasteiger partial charge in [0.05, 0.1) is 23.0 Å². The van der Waals surface area contributed by atoms with Crippen LogP contribution in [0.15, 0.2) is 22.7 Å². The maximum Gasteiger partial charge on any atom is 0.407 e. The third-order valence-corrected chi connectivity index (χ3v) is 5.67. The van der Waals surface area contributed by atoms with Crippen molar-refractivity contribution in [2.45, 2.75) is 52.2 Å². The highest BCUT2D eigenvalue weighted by atomic mass is 79.9. The molecule has 0 saturated carbocycles. The summed E-state index contributed by atoms with van der Waals surface area (Å²) >= 11 is 3.42. The number of anilines is 1. The zero-order chi connectivity index (χ0) is 23.6. The van der Waals surface area contributed by atoms with Crippen LogP contribution in [-0.4, -0.2) is 45.6 Å². The molecule has 0 bridgehead atoms. The van der Waals surface area contributed by atoms with Crippen LogP contribution in [0.3, 0.4) is 0 Å². The van der Waals surface area contributed by atoms with E-state index in [4.69, 9.17) is 10.5 Å². The Morgan fingerprint density at radius 1 is 1.38 bits per heavy atom. The van der Waals surface area contributed by atoms with Gasteiger partial charge in [-0.25, -0.2) is 19.2 Å². The summed E-state index contributed by atoms with van der Waals surface area (Å²) in [6, 6.07) is 4.02. The molecule has 2 amide bonds. The third kappa shape index (κ3) is 5.53. The molecule has 3 N–H and O–H groups in total. The predicted molar refractivity (Wildman–Crippen MR) is 122 cm³/mol. The fraction of sp³-hybridized carbons (Fsp3) is 0.455. The van der Waals surface area contributed by atoms with Crippen LogP contribution in [0.1, 0.15) is 60.5 Å². The lowest BCUT2D eigenvalue weighted by Crippen LogP contribution is -2.43. The largest absolute Gasteiger partial charge is 0.444 e. The second-order valence-electron chi connectivity index (χ2n) is 8.66. The van der Waals surface area contributed by atoms with Crippen molar-refractivity contribution in [2.75, 3.05) is 18.8 Å². The van der Waals surface area contributed by atoms with Crippen LogP contribution in [0, 0.1) is 12.7 Å². The van der Waals surface area contributed by atoms with E-state index in [-0.39, 0.29) is 23.7 Å². The smallest absolute Gasteiger partial charge is 0.407 e. The SMILES string of the molecule is Cc1nc(N)nc2c1C(=O)N(CCCNC(=O)OC(C)(C)C)C(c1ccc(F)cc1Br)C2. The lowest BCUT2D eigenvalue weighted by molar-refractivity contribution is 0.0523. The molecule has 1 aliphatic rings. The first-order valence-corrected chi connectivity index (χ1v) is 11.1. The Bertz CT molecular complexity index is 1040. The van der Waals surface area contributed by atoms with Crippen LogP contribution in [0.5, 0.6) is 0 Å². The van der Waals surface area contributed by atoms with Crippen molar-refractivity contribution in [3.8, 4) is 0 Å². The second kappa shape index (κ2) is 9.40. The van der Waals surface area contributed by atoms with E-state index >= 15 is 0 Å².